The van der Waals surface area contributed by atoms with Crippen LogP contribution in [-0.2, 0) is 0 Å². The number of hydrogen-bond donors (Lipinski definition) is 2. The number of aromatic carboxylic acids is 1. The number of anilines is 1. The topological polar surface area (TPSA) is 65.5 Å². The van der Waals surface area contributed by atoms with Crippen molar-refractivity contribution in [3.63, 3.8) is 0 Å². The number of nitrogens with one attached hydrogen (secondary N) is 1. The molecule has 0 unspecified atom stereocenters. The van der Waals surface area contributed by atoms with E-state index in [1.165, 1.54) is 12.3 Å². The molecular weight excluding hydrogens is 266 g/mol. The largest absolute Gasteiger partial charge is 0.478 e. The van der Waals surface area contributed by atoms with E-state index >= 15 is 0 Å². The molecule has 1 rings (SSSR count). The molecule has 5 nitrogen and oxygen atoms in total. The minimum absolute atomic E-state index is 0.0680. The lowest BCUT2D eigenvalue weighted by molar-refractivity contribution is 0.0697. The van der Waals surface area contributed by atoms with Crippen LogP contribution < -0.4 is 5.32 Å². The summed E-state index contributed by atoms with van der Waals surface area (Å²) in [5.41, 5.74) is 0.0680. The smallest absolute Gasteiger partial charge is 0.337 e. The second kappa shape index (κ2) is 7.31. The standard InChI is InChI=1S/C13H20ClN3O2/c1-9(2)17(3)8-4-6-15-12-11(14)10(13(18)19)5-7-16-12/h5,7,9H,4,6,8H2,1-3H3,(H,15,16)(H,18,19). The lowest BCUT2D eigenvalue weighted by Crippen LogP contribution is -2.28. The Hall–Kier alpha value is -1.33. The lowest BCUT2D eigenvalue weighted by Gasteiger charge is -2.20. The van der Waals surface area contributed by atoms with Crippen LogP contribution in [0.5, 0.6) is 0 Å². The zero-order valence-corrected chi connectivity index (χ0v) is 12.2. The van der Waals surface area contributed by atoms with Gasteiger partial charge in [-0.15, -0.1) is 0 Å². The van der Waals surface area contributed by atoms with E-state index < -0.39 is 5.97 Å². The fourth-order valence-electron chi connectivity index (χ4n) is 1.53. The van der Waals surface area contributed by atoms with E-state index in [1.54, 1.807) is 0 Å². The second-order valence-electron chi connectivity index (χ2n) is 4.68. The van der Waals surface area contributed by atoms with Gasteiger partial charge in [-0.3, -0.25) is 0 Å². The van der Waals surface area contributed by atoms with Gasteiger partial charge in [-0.25, -0.2) is 9.78 Å². The van der Waals surface area contributed by atoms with Gasteiger partial charge in [0.1, 0.15) is 5.82 Å². The maximum atomic E-state index is 10.9. The highest BCUT2D eigenvalue weighted by molar-refractivity contribution is 6.35. The molecule has 0 aliphatic heterocycles. The van der Waals surface area contributed by atoms with Crippen molar-refractivity contribution in [3.05, 3.63) is 22.8 Å². The van der Waals surface area contributed by atoms with Crippen LogP contribution in [0.25, 0.3) is 0 Å². The first kappa shape index (κ1) is 15.7. The molecule has 0 aliphatic rings. The Labute approximate surface area is 118 Å². The maximum absolute atomic E-state index is 10.9. The van der Waals surface area contributed by atoms with Crippen LogP contribution in [0.4, 0.5) is 5.82 Å². The minimum atomic E-state index is -1.05. The predicted molar refractivity (Wildman–Crippen MR) is 77.1 cm³/mol. The highest BCUT2D eigenvalue weighted by Gasteiger charge is 2.12. The monoisotopic (exact) mass is 285 g/mol. The number of carbonyl (C=O) groups is 1. The summed E-state index contributed by atoms with van der Waals surface area (Å²) in [5.74, 6) is -0.622. The van der Waals surface area contributed by atoms with Gasteiger partial charge < -0.3 is 15.3 Å². The molecule has 0 fully saturated rings. The van der Waals surface area contributed by atoms with Crippen LogP contribution in [0.2, 0.25) is 5.02 Å². The van der Waals surface area contributed by atoms with E-state index in [2.05, 4.69) is 36.1 Å². The molecule has 1 aromatic rings. The molecule has 0 aromatic carbocycles. The molecule has 0 aliphatic carbocycles. The van der Waals surface area contributed by atoms with Crippen molar-refractivity contribution < 1.29 is 9.90 Å². The SMILES string of the molecule is CC(C)N(C)CCCNc1nccc(C(=O)O)c1Cl. The van der Waals surface area contributed by atoms with Gasteiger partial charge in [0.05, 0.1) is 10.6 Å². The van der Waals surface area contributed by atoms with Crippen LogP contribution in [0.15, 0.2) is 12.3 Å². The molecule has 19 heavy (non-hydrogen) atoms. The van der Waals surface area contributed by atoms with Gasteiger partial charge in [0.2, 0.25) is 0 Å². The van der Waals surface area contributed by atoms with Gasteiger partial charge in [-0.1, -0.05) is 11.6 Å². The average molecular weight is 286 g/mol. The fraction of sp³-hybridized carbons (Fsp3) is 0.538. The van der Waals surface area contributed by atoms with Crippen molar-refractivity contribution in [3.8, 4) is 0 Å². The van der Waals surface area contributed by atoms with Crippen LogP contribution in [0.3, 0.4) is 0 Å². The predicted octanol–water partition coefficient (Wildman–Crippen LogP) is 2.58. The number of hydrogen-bond acceptors (Lipinski definition) is 4. The number of rotatable bonds is 7. The molecule has 0 saturated carbocycles. The normalized spacial score (nSPS) is 11.1. The third-order valence-electron chi connectivity index (χ3n) is 2.98. The van der Waals surface area contributed by atoms with E-state index in [-0.39, 0.29) is 10.6 Å². The van der Waals surface area contributed by atoms with Crippen molar-refractivity contribution in [2.24, 2.45) is 0 Å². The Morgan fingerprint density at radius 1 is 1.58 bits per heavy atom. The molecule has 0 spiro atoms. The van der Waals surface area contributed by atoms with E-state index in [0.29, 0.717) is 18.4 Å². The number of carboxylic acids is 1. The first-order chi connectivity index (χ1) is 8.93. The van der Waals surface area contributed by atoms with Crippen LogP contribution in [0.1, 0.15) is 30.6 Å². The fourth-order valence-corrected chi connectivity index (χ4v) is 1.79. The highest BCUT2D eigenvalue weighted by Crippen LogP contribution is 2.23. The van der Waals surface area contributed by atoms with Crippen LogP contribution in [0, 0.1) is 0 Å². The van der Waals surface area contributed by atoms with Crippen molar-refractivity contribution in [1.29, 1.82) is 0 Å². The Balaban J connectivity index is 2.50. The Morgan fingerprint density at radius 3 is 2.84 bits per heavy atom. The molecule has 6 heteroatoms. The third kappa shape index (κ3) is 4.69. The van der Waals surface area contributed by atoms with Gasteiger partial charge in [-0.05, 0) is 39.9 Å². The lowest BCUT2D eigenvalue weighted by atomic mass is 10.2. The molecule has 0 radical (unpaired) electrons. The summed E-state index contributed by atoms with van der Waals surface area (Å²) in [7, 11) is 2.07. The van der Waals surface area contributed by atoms with Gasteiger partial charge in [0.25, 0.3) is 0 Å². The molecule has 106 valence electrons. The third-order valence-corrected chi connectivity index (χ3v) is 3.36. The first-order valence-corrected chi connectivity index (χ1v) is 6.63. The van der Waals surface area contributed by atoms with Gasteiger partial charge in [-0.2, -0.15) is 0 Å². The summed E-state index contributed by atoms with van der Waals surface area (Å²) in [5, 5.41) is 12.2. The van der Waals surface area contributed by atoms with Gasteiger partial charge in [0, 0.05) is 18.8 Å². The van der Waals surface area contributed by atoms with E-state index in [9.17, 15) is 4.79 Å². The van der Waals surface area contributed by atoms with Crippen molar-refractivity contribution in [2.45, 2.75) is 26.3 Å². The molecule has 0 atom stereocenters. The number of aromatic nitrogens is 1. The summed E-state index contributed by atoms with van der Waals surface area (Å²) < 4.78 is 0. The number of carboxylic acid groups (broad SMARTS) is 1. The van der Waals surface area contributed by atoms with Crippen molar-refractivity contribution >= 4 is 23.4 Å². The summed E-state index contributed by atoms with van der Waals surface area (Å²) in [6.45, 7) is 5.94. The Kier molecular flexibility index (Phi) is 6.05. The summed E-state index contributed by atoms with van der Waals surface area (Å²) in [6, 6.07) is 1.90. The molecule has 0 amide bonds. The number of halogens is 1. The average Bonchev–Trinajstić information content (AvgIpc) is 2.35. The number of pyridine rings is 1. The Bertz CT molecular complexity index is 438. The highest BCUT2D eigenvalue weighted by atomic mass is 35.5. The first-order valence-electron chi connectivity index (χ1n) is 6.25. The summed E-state index contributed by atoms with van der Waals surface area (Å²) in [6.07, 6.45) is 2.38. The van der Waals surface area contributed by atoms with E-state index in [0.717, 1.165) is 13.0 Å². The summed E-state index contributed by atoms with van der Waals surface area (Å²) >= 11 is 5.98. The molecule has 1 heterocycles. The number of nitrogens with zero attached hydrogens (tertiary/aromatic N) is 2. The van der Waals surface area contributed by atoms with E-state index in [4.69, 9.17) is 16.7 Å². The molecular formula is C13H20ClN3O2. The minimum Gasteiger partial charge on any atom is -0.478 e. The van der Waals surface area contributed by atoms with Gasteiger partial charge in [0.15, 0.2) is 0 Å². The quantitative estimate of drug-likeness (QED) is 0.754. The maximum Gasteiger partial charge on any atom is 0.337 e. The molecule has 1 aromatic heterocycles. The second-order valence-corrected chi connectivity index (χ2v) is 5.06. The molecule has 0 bridgehead atoms. The molecule has 2 N–H and O–H groups in total. The zero-order chi connectivity index (χ0) is 14.4. The van der Waals surface area contributed by atoms with Crippen LogP contribution >= 0.6 is 11.6 Å². The van der Waals surface area contributed by atoms with Crippen molar-refractivity contribution in [1.82, 2.24) is 9.88 Å². The summed E-state index contributed by atoms with van der Waals surface area (Å²) in [4.78, 5) is 17.2. The van der Waals surface area contributed by atoms with Gasteiger partial charge >= 0.3 is 5.97 Å². The van der Waals surface area contributed by atoms with E-state index in [1.807, 2.05) is 0 Å². The van der Waals surface area contributed by atoms with Crippen LogP contribution in [-0.4, -0.2) is 47.1 Å². The Morgan fingerprint density at radius 2 is 2.26 bits per heavy atom. The van der Waals surface area contributed by atoms with Crippen molar-refractivity contribution in [2.75, 3.05) is 25.5 Å². The molecule has 0 saturated heterocycles. The zero-order valence-electron chi connectivity index (χ0n) is 11.5.